The van der Waals surface area contributed by atoms with Gasteiger partial charge < -0.3 is 10.1 Å². The molecule has 0 bridgehead atoms. The number of hydrogen-bond acceptors (Lipinski definition) is 5. The average molecular weight is 457 g/mol. The number of carbonyl (C=O) groups excluding carboxylic acids is 1. The second-order valence-corrected chi connectivity index (χ2v) is 8.71. The Bertz CT molecular complexity index is 1330. The Morgan fingerprint density at radius 3 is 2.94 bits per heavy atom. The number of benzene rings is 2. The van der Waals surface area contributed by atoms with Crippen LogP contribution in [0.25, 0.3) is 15.3 Å². The van der Waals surface area contributed by atoms with Crippen LogP contribution < -0.4 is 10.1 Å². The van der Waals surface area contributed by atoms with Crippen LogP contribution in [-0.2, 0) is 4.79 Å². The zero-order valence-corrected chi connectivity index (χ0v) is 18.4. The summed E-state index contributed by atoms with van der Waals surface area (Å²) in [5.41, 5.74) is 3.15. The molecule has 5 rings (SSSR count). The number of rotatable bonds is 4. The van der Waals surface area contributed by atoms with Crippen molar-refractivity contribution in [2.24, 2.45) is 0 Å². The topological polar surface area (TPSA) is 69.0 Å². The smallest absolute Gasteiger partial charge is 0.226 e. The summed E-state index contributed by atoms with van der Waals surface area (Å²) in [5, 5.41) is 8.55. The number of amides is 1. The van der Waals surface area contributed by atoms with Gasteiger partial charge in [-0.3, -0.25) is 4.79 Å². The highest BCUT2D eigenvalue weighted by Crippen LogP contribution is 2.43. The quantitative estimate of drug-likeness (QED) is 0.443. The first-order valence-corrected chi connectivity index (χ1v) is 11.0. The lowest BCUT2D eigenvalue weighted by Gasteiger charge is -2.24. The van der Waals surface area contributed by atoms with Crippen LogP contribution in [0.4, 0.5) is 10.2 Å². The van der Waals surface area contributed by atoms with Gasteiger partial charge in [0.25, 0.3) is 0 Å². The molecule has 4 aromatic rings. The van der Waals surface area contributed by atoms with Gasteiger partial charge in [-0.15, -0.1) is 0 Å². The standard InChI is InChI=1S/C22H18ClFN4O2S/c1-3-30-13-5-7-17-18(9-13)31-22(25-17)28-21-20(11(2)27-28)15(10-19(29)26-21)14-6-4-12(24)8-16(14)23/h4-9,15H,3,10H2,1-2H3,(H,26,29). The van der Waals surface area contributed by atoms with E-state index in [1.165, 1.54) is 23.5 Å². The summed E-state index contributed by atoms with van der Waals surface area (Å²) in [6, 6.07) is 10.00. The molecule has 1 N–H and O–H groups in total. The molecule has 0 saturated carbocycles. The molecule has 2 aromatic carbocycles. The van der Waals surface area contributed by atoms with E-state index in [1.807, 2.05) is 32.0 Å². The van der Waals surface area contributed by atoms with Crippen molar-refractivity contribution in [3.05, 3.63) is 64.1 Å². The molecule has 1 atom stereocenters. The number of hydrogen-bond donors (Lipinski definition) is 1. The lowest BCUT2D eigenvalue weighted by molar-refractivity contribution is -0.116. The van der Waals surface area contributed by atoms with Crippen LogP contribution in [0, 0.1) is 12.7 Å². The SMILES string of the molecule is CCOc1ccc2nc(-n3nc(C)c4c3NC(=O)CC4c3ccc(F)cc3Cl)sc2c1. The highest BCUT2D eigenvalue weighted by atomic mass is 35.5. The molecule has 2 aromatic heterocycles. The maximum atomic E-state index is 13.6. The predicted molar refractivity (Wildman–Crippen MR) is 119 cm³/mol. The lowest BCUT2D eigenvalue weighted by atomic mass is 9.86. The number of nitrogens with one attached hydrogen (secondary N) is 1. The fraction of sp³-hybridized carbons (Fsp3) is 0.227. The molecular weight excluding hydrogens is 439 g/mol. The van der Waals surface area contributed by atoms with Crippen molar-refractivity contribution in [1.29, 1.82) is 0 Å². The van der Waals surface area contributed by atoms with Gasteiger partial charge in [0, 0.05) is 22.9 Å². The molecule has 158 valence electrons. The van der Waals surface area contributed by atoms with Gasteiger partial charge in [0.2, 0.25) is 11.0 Å². The first-order chi connectivity index (χ1) is 14.9. The summed E-state index contributed by atoms with van der Waals surface area (Å²) in [4.78, 5) is 17.3. The van der Waals surface area contributed by atoms with E-state index in [-0.39, 0.29) is 18.2 Å². The Morgan fingerprint density at radius 1 is 1.32 bits per heavy atom. The Morgan fingerprint density at radius 2 is 2.16 bits per heavy atom. The van der Waals surface area contributed by atoms with Crippen molar-refractivity contribution in [1.82, 2.24) is 14.8 Å². The molecule has 0 radical (unpaired) electrons. The van der Waals surface area contributed by atoms with Crippen molar-refractivity contribution in [2.45, 2.75) is 26.2 Å². The van der Waals surface area contributed by atoms with E-state index in [4.69, 9.17) is 21.3 Å². The molecule has 3 heterocycles. The Hall–Kier alpha value is -2.97. The minimum atomic E-state index is -0.414. The molecule has 1 aliphatic rings. The third-order valence-electron chi connectivity index (χ3n) is 5.28. The van der Waals surface area contributed by atoms with E-state index >= 15 is 0 Å². The van der Waals surface area contributed by atoms with Gasteiger partial charge in [0.15, 0.2) is 0 Å². The molecule has 0 aliphatic carbocycles. The van der Waals surface area contributed by atoms with Gasteiger partial charge in [-0.1, -0.05) is 29.0 Å². The van der Waals surface area contributed by atoms with E-state index in [0.717, 1.165) is 27.2 Å². The van der Waals surface area contributed by atoms with E-state index in [1.54, 1.807) is 10.7 Å². The second-order valence-electron chi connectivity index (χ2n) is 7.29. The molecule has 31 heavy (non-hydrogen) atoms. The third-order valence-corrected chi connectivity index (χ3v) is 6.60. The van der Waals surface area contributed by atoms with Crippen molar-refractivity contribution >= 4 is 44.9 Å². The van der Waals surface area contributed by atoms with E-state index in [0.29, 0.717) is 28.1 Å². The van der Waals surface area contributed by atoms with E-state index < -0.39 is 5.82 Å². The number of thiazole rings is 1. The molecule has 1 aliphatic heterocycles. The summed E-state index contributed by atoms with van der Waals surface area (Å²) in [6.07, 6.45) is 0.211. The molecule has 1 unspecified atom stereocenters. The highest BCUT2D eigenvalue weighted by molar-refractivity contribution is 7.20. The number of nitrogens with zero attached hydrogens (tertiary/aromatic N) is 3. The number of aromatic nitrogens is 3. The Balaban J connectivity index is 1.63. The Labute approximate surface area is 186 Å². The normalized spacial score (nSPS) is 15.7. The second kappa shape index (κ2) is 7.62. The largest absolute Gasteiger partial charge is 0.494 e. The van der Waals surface area contributed by atoms with Crippen molar-refractivity contribution in [3.63, 3.8) is 0 Å². The average Bonchev–Trinajstić information content (AvgIpc) is 3.28. The van der Waals surface area contributed by atoms with Crippen molar-refractivity contribution < 1.29 is 13.9 Å². The van der Waals surface area contributed by atoms with Gasteiger partial charge in [-0.2, -0.15) is 9.78 Å². The molecule has 0 fully saturated rings. The molecule has 1 amide bonds. The fourth-order valence-electron chi connectivity index (χ4n) is 3.98. The molecule has 6 nitrogen and oxygen atoms in total. The zero-order valence-electron chi connectivity index (χ0n) is 16.8. The van der Waals surface area contributed by atoms with E-state index in [2.05, 4.69) is 10.4 Å². The number of ether oxygens (including phenoxy) is 1. The van der Waals surface area contributed by atoms with Crippen LogP contribution in [0.1, 0.15) is 36.1 Å². The minimum absolute atomic E-state index is 0.154. The summed E-state index contributed by atoms with van der Waals surface area (Å²) in [7, 11) is 0. The third kappa shape index (κ3) is 3.45. The van der Waals surface area contributed by atoms with Gasteiger partial charge in [-0.25, -0.2) is 9.37 Å². The first-order valence-electron chi connectivity index (χ1n) is 9.82. The van der Waals surface area contributed by atoms with Crippen LogP contribution >= 0.6 is 22.9 Å². The van der Waals surface area contributed by atoms with Crippen molar-refractivity contribution in [3.8, 4) is 10.9 Å². The summed E-state index contributed by atoms with van der Waals surface area (Å²) >= 11 is 7.79. The van der Waals surface area contributed by atoms with Gasteiger partial charge in [0.1, 0.15) is 17.4 Å². The van der Waals surface area contributed by atoms with Gasteiger partial charge in [-0.05, 0) is 49.7 Å². The van der Waals surface area contributed by atoms with Gasteiger partial charge >= 0.3 is 0 Å². The van der Waals surface area contributed by atoms with Crippen LogP contribution in [0.2, 0.25) is 5.02 Å². The summed E-state index contributed by atoms with van der Waals surface area (Å²) in [6.45, 7) is 4.41. The van der Waals surface area contributed by atoms with Crippen LogP contribution in [0.5, 0.6) is 5.75 Å². The number of halogens is 2. The predicted octanol–water partition coefficient (Wildman–Crippen LogP) is 5.46. The maximum Gasteiger partial charge on any atom is 0.226 e. The highest BCUT2D eigenvalue weighted by Gasteiger charge is 2.34. The first kappa shape index (κ1) is 20.0. The minimum Gasteiger partial charge on any atom is -0.494 e. The molecule has 0 saturated heterocycles. The van der Waals surface area contributed by atoms with Crippen LogP contribution in [0.3, 0.4) is 0 Å². The van der Waals surface area contributed by atoms with Crippen LogP contribution in [0.15, 0.2) is 36.4 Å². The lowest BCUT2D eigenvalue weighted by Crippen LogP contribution is -2.25. The number of carbonyl (C=O) groups is 1. The number of anilines is 1. The zero-order chi connectivity index (χ0) is 21.7. The summed E-state index contributed by atoms with van der Waals surface area (Å²) < 4.78 is 21.8. The maximum absolute atomic E-state index is 13.6. The molecule has 0 spiro atoms. The van der Waals surface area contributed by atoms with E-state index in [9.17, 15) is 9.18 Å². The number of aryl methyl sites for hydroxylation is 1. The monoisotopic (exact) mass is 456 g/mol. The summed E-state index contributed by atoms with van der Waals surface area (Å²) in [5.74, 6) is 0.470. The fourth-order valence-corrected chi connectivity index (χ4v) is 5.23. The molecular formula is C22H18ClFN4O2S. The Kier molecular flexibility index (Phi) is 4.91. The van der Waals surface area contributed by atoms with Gasteiger partial charge in [0.05, 0.1) is 22.5 Å². The van der Waals surface area contributed by atoms with Crippen molar-refractivity contribution in [2.75, 3.05) is 11.9 Å². The van der Waals surface area contributed by atoms with Crippen LogP contribution in [-0.4, -0.2) is 27.3 Å². The molecule has 9 heteroatoms. The number of fused-ring (bicyclic) bond motifs is 2.